The van der Waals surface area contributed by atoms with Gasteiger partial charge in [0.1, 0.15) is 13.2 Å². The van der Waals surface area contributed by atoms with Crippen molar-refractivity contribution < 1.29 is 42.5 Å². The minimum atomic E-state index is -2.50. The molecule has 0 aliphatic carbocycles. The Labute approximate surface area is 186 Å². The van der Waals surface area contributed by atoms with Gasteiger partial charge < -0.3 is 29.0 Å². The molecule has 2 N–H and O–H groups in total. The van der Waals surface area contributed by atoms with Crippen LogP contribution in [0.4, 0.5) is 0 Å². The molecule has 31 heavy (non-hydrogen) atoms. The van der Waals surface area contributed by atoms with E-state index in [9.17, 15) is 9.36 Å². The first kappa shape index (κ1) is 29.9. The van der Waals surface area contributed by atoms with Gasteiger partial charge in [-0.25, -0.2) is 0 Å². The lowest BCUT2D eigenvalue weighted by atomic mass is 10.2. The molecule has 0 aromatic carbocycles. The topological polar surface area (TPSA) is 122 Å². The van der Waals surface area contributed by atoms with Gasteiger partial charge in [0.05, 0.1) is 59.5 Å². The lowest BCUT2D eigenvalue weighted by Crippen LogP contribution is -2.25. The highest BCUT2D eigenvalue weighted by Gasteiger charge is 2.09. The van der Waals surface area contributed by atoms with E-state index in [4.69, 9.17) is 35.0 Å². The van der Waals surface area contributed by atoms with Crippen molar-refractivity contribution in [3.63, 3.8) is 0 Å². The summed E-state index contributed by atoms with van der Waals surface area (Å²) in [6.45, 7) is 5.32. The fourth-order valence-corrected chi connectivity index (χ4v) is 2.50. The average molecular weight is 466 g/mol. The highest BCUT2D eigenvalue weighted by atomic mass is 31.1. The second-order valence-corrected chi connectivity index (χ2v) is 7.03. The van der Waals surface area contributed by atoms with Gasteiger partial charge in [0.2, 0.25) is 5.91 Å². The van der Waals surface area contributed by atoms with Gasteiger partial charge in [-0.3, -0.25) is 4.79 Å². The van der Waals surface area contributed by atoms with Crippen LogP contribution in [0.15, 0.2) is 0 Å². The summed E-state index contributed by atoms with van der Waals surface area (Å²) in [5.41, 5.74) is 0. The molecule has 0 rings (SSSR count). The number of unbranched alkanes of at least 4 members (excludes halogenated alkanes) is 3. The van der Waals surface area contributed by atoms with E-state index in [1.165, 1.54) is 0 Å². The molecule has 0 aliphatic heterocycles. The molecule has 10 nitrogen and oxygen atoms in total. The molecular weight excluding hydrogens is 429 g/mol. The van der Waals surface area contributed by atoms with E-state index >= 15 is 0 Å². The van der Waals surface area contributed by atoms with Crippen molar-refractivity contribution in [1.82, 2.24) is 5.32 Å². The number of carbonyl (C=O) groups is 1. The van der Waals surface area contributed by atoms with Gasteiger partial charge in [-0.2, -0.15) is 0 Å². The maximum absolute atomic E-state index is 11.7. The van der Waals surface area contributed by atoms with Crippen LogP contribution in [0.5, 0.6) is 0 Å². The lowest BCUT2D eigenvalue weighted by Gasteiger charge is -2.08. The van der Waals surface area contributed by atoms with Gasteiger partial charge >= 0.3 is 8.25 Å². The Kier molecular flexibility index (Phi) is 24.2. The molecular formula is C20H37NO9P+. The van der Waals surface area contributed by atoms with Gasteiger partial charge in [0.25, 0.3) is 0 Å². The maximum Gasteiger partial charge on any atom is 0.694 e. The van der Waals surface area contributed by atoms with E-state index in [1.54, 1.807) is 0 Å². The van der Waals surface area contributed by atoms with Gasteiger partial charge in [0, 0.05) is 17.5 Å². The van der Waals surface area contributed by atoms with Crippen LogP contribution in [-0.2, 0) is 37.6 Å². The molecule has 1 amide bonds. The van der Waals surface area contributed by atoms with Crippen molar-refractivity contribution in [1.29, 1.82) is 0 Å². The number of hydrogen-bond donors (Lipinski definition) is 2. The predicted octanol–water partition coefficient (Wildman–Crippen LogP) is 1.44. The monoisotopic (exact) mass is 466 g/mol. The van der Waals surface area contributed by atoms with Crippen LogP contribution in [0.25, 0.3) is 0 Å². The second kappa shape index (κ2) is 25.1. The molecule has 180 valence electrons. The van der Waals surface area contributed by atoms with E-state index in [1.807, 2.05) is 0 Å². The van der Waals surface area contributed by atoms with Crippen LogP contribution in [-0.4, -0.2) is 90.0 Å². The molecule has 0 aliphatic rings. The molecule has 0 fully saturated rings. The minimum absolute atomic E-state index is 0.0419. The third-order valence-corrected chi connectivity index (χ3v) is 4.15. The van der Waals surface area contributed by atoms with E-state index < -0.39 is 8.25 Å². The van der Waals surface area contributed by atoms with Crippen molar-refractivity contribution in [3.05, 3.63) is 0 Å². The normalized spacial score (nSPS) is 11.3. The highest BCUT2D eigenvalue weighted by Crippen LogP contribution is 2.15. The SMILES string of the molecule is C#CCOCCOCCOCCOCCOCCC(=O)NCCCCCCO[P+](=O)O. The fraction of sp³-hybridized carbons (Fsp3) is 0.850. The Balaban J connectivity index is 3.15. The Morgan fingerprint density at radius 1 is 0.774 bits per heavy atom. The van der Waals surface area contributed by atoms with Crippen LogP contribution in [0.2, 0.25) is 0 Å². The molecule has 0 saturated carbocycles. The van der Waals surface area contributed by atoms with Crippen molar-refractivity contribution in [2.45, 2.75) is 32.1 Å². The number of rotatable bonds is 24. The highest BCUT2D eigenvalue weighted by molar-refractivity contribution is 7.32. The van der Waals surface area contributed by atoms with E-state index in [0.717, 1.165) is 25.7 Å². The summed E-state index contributed by atoms with van der Waals surface area (Å²) < 4.78 is 41.3. The molecule has 11 heteroatoms. The zero-order chi connectivity index (χ0) is 22.8. The number of amides is 1. The average Bonchev–Trinajstić information content (AvgIpc) is 2.75. The Hall–Kier alpha value is -1.15. The summed E-state index contributed by atoms with van der Waals surface area (Å²) in [4.78, 5) is 20.1. The molecule has 0 radical (unpaired) electrons. The third kappa shape index (κ3) is 26.8. The zero-order valence-corrected chi connectivity index (χ0v) is 19.2. The van der Waals surface area contributed by atoms with Gasteiger partial charge in [-0.15, -0.1) is 15.8 Å². The molecule has 1 atom stereocenters. The number of ether oxygens (including phenoxy) is 5. The lowest BCUT2D eigenvalue weighted by molar-refractivity contribution is -0.122. The Morgan fingerprint density at radius 3 is 1.84 bits per heavy atom. The maximum atomic E-state index is 11.7. The molecule has 0 aromatic heterocycles. The predicted molar refractivity (Wildman–Crippen MR) is 115 cm³/mol. The first-order valence-electron chi connectivity index (χ1n) is 10.5. The van der Waals surface area contributed by atoms with Crippen molar-refractivity contribution >= 4 is 14.2 Å². The van der Waals surface area contributed by atoms with Crippen molar-refractivity contribution in [2.24, 2.45) is 0 Å². The van der Waals surface area contributed by atoms with Crippen LogP contribution in [0, 0.1) is 12.3 Å². The number of terminal acetylenes is 1. The van der Waals surface area contributed by atoms with Gasteiger partial charge in [-0.05, 0) is 12.8 Å². The number of hydrogen-bond acceptors (Lipinski definition) is 8. The Bertz CT molecular complexity index is 474. The summed E-state index contributed by atoms with van der Waals surface area (Å²) in [6.07, 6.45) is 8.78. The second-order valence-electron chi connectivity index (χ2n) is 6.29. The summed E-state index contributed by atoms with van der Waals surface area (Å²) in [5.74, 6) is 2.34. The third-order valence-electron chi connectivity index (χ3n) is 3.74. The van der Waals surface area contributed by atoms with Gasteiger partial charge in [-0.1, -0.05) is 18.8 Å². The van der Waals surface area contributed by atoms with Gasteiger partial charge in [0.15, 0.2) is 0 Å². The minimum Gasteiger partial charge on any atom is -0.379 e. The van der Waals surface area contributed by atoms with Crippen LogP contribution < -0.4 is 5.32 Å². The quantitative estimate of drug-likeness (QED) is 0.124. The molecule has 0 spiro atoms. The van der Waals surface area contributed by atoms with E-state index in [-0.39, 0.29) is 12.5 Å². The van der Waals surface area contributed by atoms with Crippen LogP contribution in [0.1, 0.15) is 32.1 Å². The van der Waals surface area contributed by atoms with Crippen molar-refractivity contribution in [3.8, 4) is 12.3 Å². The smallest absolute Gasteiger partial charge is 0.379 e. The summed E-state index contributed by atoms with van der Waals surface area (Å²) >= 11 is 0. The van der Waals surface area contributed by atoms with Crippen LogP contribution >= 0.6 is 8.25 Å². The number of carbonyl (C=O) groups excluding carboxylic acids is 1. The van der Waals surface area contributed by atoms with E-state index in [2.05, 4.69) is 15.8 Å². The first-order chi connectivity index (χ1) is 15.2. The van der Waals surface area contributed by atoms with Crippen molar-refractivity contribution in [2.75, 3.05) is 79.2 Å². The molecule has 0 saturated heterocycles. The molecule has 1 unspecified atom stereocenters. The van der Waals surface area contributed by atoms with Crippen LogP contribution in [0.3, 0.4) is 0 Å². The Morgan fingerprint density at radius 2 is 1.29 bits per heavy atom. The number of nitrogens with one attached hydrogen (secondary N) is 1. The molecule has 0 aromatic rings. The molecule has 0 bridgehead atoms. The molecule has 0 heterocycles. The fourth-order valence-electron chi connectivity index (χ4n) is 2.22. The summed E-state index contributed by atoms with van der Waals surface area (Å²) in [7, 11) is -2.50. The standard InChI is InChI=1S/C20H36NO9P/c1-2-9-25-12-14-27-16-18-29-19-17-28-15-13-26-11-7-20(22)21-8-5-3-4-6-10-30-31(23)24/h1H,3-19H2,(H-,21,22,23,24)/p+1. The van der Waals surface area contributed by atoms with E-state index in [0.29, 0.717) is 79.0 Å². The first-order valence-corrected chi connectivity index (χ1v) is 11.7. The summed E-state index contributed by atoms with van der Waals surface area (Å²) in [5, 5.41) is 2.83. The summed E-state index contributed by atoms with van der Waals surface area (Å²) in [6, 6.07) is 0. The largest absolute Gasteiger partial charge is 0.694 e. The zero-order valence-electron chi connectivity index (χ0n) is 18.3.